The molecule has 1 aromatic rings. The molecule has 122 valence electrons. The molecular weight excluding hydrogens is 276 g/mol. The number of nitrogens with one attached hydrogen (secondary N) is 1. The average molecular weight is 304 g/mol. The molecule has 3 N–H and O–H groups in total. The molecule has 5 nitrogen and oxygen atoms in total. The number of guanidine groups is 1. The number of benzene rings is 1. The van der Waals surface area contributed by atoms with E-state index in [2.05, 4.69) is 29.1 Å². The lowest BCUT2D eigenvalue weighted by atomic mass is 9.99. The SMILES string of the molecule is COc1ccc(NC(N)=NCC(C)N2CCCC(C)C2)cc1. The van der Waals surface area contributed by atoms with Crippen LogP contribution in [-0.4, -0.2) is 43.6 Å². The predicted molar refractivity (Wildman–Crippen MR) is 92.5 cm³/mol. The van der Waals surface area contributed by atoms with Crippen molar-refractivity contribution in [3.63, 3.8) is 0 Å². The number of anilines is 1. The molecule has 0 aliphatic carbocycles. The second kappa shape index (κ2) is 8.03. The Hall–Kier alpha value is -1.75. The Bertz CT molecular complexity index is 486. The zero-order valence-electron chi connectivity index (χ0n) is 13.9. The van der Waals surface area contributed by atoms with Gasteiger partial charge in [-0.1, -0.05) is 6.92 Å². The average Bonchev–Trinajstić information content (AvgIpc) is 2.53. The van der Waals surface area contributed by atoms with Crippen molar-refractivity contribution in [3.05, 3.63) is 24.3 Å². The second-order valence-corrected chi connectivity index (χ2v) is 6.17. The molecule has 2 atom stereocenters. The maximum Gasteiger partial charge on any atom is 0.193 e. The van der Waals surface area contributed by atoms with Crippen molar-refractivity contribution in [3.8, 4) is 5.75 Å². The van der Waals surface area contributed by atoms with Crippen LogP contribution in [0.1, 0.15) is 26.7 Å². The van der Waals surface area contributed by atoms with Crippen molar-refractivity contribution in [1.29, 1.82) is 0 Å². The summed E-state index contributed by atoms with van der Waals surface area (Å²) < 4.78 is 5.13. The summed E-state index contributed by atoms with van der Waals surface area (Å²) in [5, 5.41) is 3.11. The molecule has 1 aromatic carbocycles. The summed E-state index contributed by atoms with van der Waals surface area (Å²) in [5.41, 5.74) is 6.89. The van der Waals surface area contributed by atoms with Gasteiger partial charge in [-0.05, 0) is 56.5 Å². The number of rotatable bonds is 5. The third-order valence-electron chi connectivity index (χ3n) is 4.20. The number of hydrogen-bond acceptors (Lipinski definition) is 3. The van der Waals surface area contributed by atoms with Crippen LogP contribution in [0, 0.1) is 5.92 Å². The molecule has 1 fully saturated rings. The summed E-state index contributed by atoms with van der Waals surface area (Å²) in [6.07, 6.45) is 2.63. The minimum absolute atomic E-state index is 0.430. The van der Waals surface area contributed by atoms with Gasteiger partial charge in [0.15, 0.2) is 5.96 Å². The van der Waals surface area contributed by atoms with Gasteiger partial charge in [-0.3, -0.25) is 9.89 Å². The molecule has 1 aliphatic heterocycles. The van der Waals surface area contributed by atoms with Crippen molar-refractivity contribution < 1.29 is 4.74 Å². The normalized spacial score (nSPS) is 21.4. The Morgan fingerprint density at radius 3 is 2.82 bits per heavy atom. The monoisotopic (exact) mass is 304 g/mol. The summed E-state index contributed by atoms with van der Waals surface area (Å²) >= 11 is 0. The quantitative estimate of drug-likeness (QED) is 0.648. The minimum atomic E-state index is 0.430. The van der Waals surface area contributed by atoms with Crippen molar-refractivity contribution in [2.24, 2.45) is 16.6 Å². The molecule has 2 rings (SSSR count). The Morgan fingerprint density at radius 2 is 2.18 bits per heavy atom. The Morgan fingerprint density at radius 1 is 1.45 bits per heavy atom. The molecule has 2 unspecified atom stereocenters. The lowest BCUT2D eigenvalue weighted by molar-refractivity contribution is 0.142. The van der Waals surface area contributed by atoms with E-state index >= 15 is 0 Å². The zero-order chi connectivity index (χ0) is 15.9. The number of nitrogens with zero attached hydrogens (tertiary/aromatic N) is 2. The van der Waals surface area contributed by atoms with Gasteiger partial charge in [0, 0.05) is 18.3 Å². The fourth-order valence-corrected chi connectivity index (χ4v) is 2.83. The van der Waals surface area contributed by atoms with Gasteiger partial charge in [0.2, 0.25) is 0 Å². The van der Waals surface area contributed by atoms with Crippen LogP contribution >= 0.6 is 0 Å². The standard InChI is InChI=1S/C17H28N4O/c1-13-5-4-10-21(12-13)14(2)11-19-17(18)20-15-6-8-16(22-3)9-7-15/h6-9,13-14H,4-5,10-12H2,1-3H3,(H3,18,19,20). The van der Waals surface area contributed by atoms with Crippen molar-refractivity contribution >= 4 is 11.6 Å². The van der Waals surface area contributed by atoms with Crippen LogP contribution in [0.3, 0.4) is 0 Å². The van der Waals surface area contributed by atoms with Gasteiger partial charge >= 0.3 is 0 Å². The summed E-state index contributed by atoms with van der Waals surface area (Å²) in [5.74, 6) is 2.07. The highest BCUT2D eigenvalue weighted by atomic mass is 16.5. The van der Waals surface area contributed by atoms with Gasteiger partial charge in [0.1, 0.15) is 5.75 Å². The molecular formula is C17H28N4O. The van der Waals surface area contributed by atoms with Crippen LogP contribution in [0.4, 0.5) is 5.69 Å². The van der Waals surface area contributed by atoms with Gasteiger partial charge in [-0.15, -0.1) is 0 Å². The lowest BCUT2D eigenvalue weighted by Crippen LogP contribution is -2.42. The van der Waals surface area contributed by atoms with Gasteiger partial charge in [0.05, 0.1) is 13.7 Å². The van der Waals surface area contributed by atoms with Crippen LogP contribution in [0.2, 0.25) is 0 Å². The first-order valence-electron chi connectivity index (χ1n) is 8.03. The summed E-state index contributed by atoms with van der Waals surface area (Å²) in [6.45, 7) is 7.61. The molecule has 0 saturated carbocycles. The van der Waals surface area contributed by atoms with E-state index < -0.39 is 0 Å². The van der Waals surface area contributed by atoms with Gasteiger partial charge in [-0.25, -0.2) is 0 Å². The van der Waals surface area contributed by atoms with E-state index in [4.69, 9.17) is 10.5 Å². The summed E-state index contributed by atoms with van der Waals surface area (Å²) in [4.78, 5) is 6.98. The Balaban J connectivity index is 1.83. The maximum atomic E-state index is 5.97. The fourth-order valence-electron chi connectivity index (χ4n) is 2.83. The van der Waals surface area contributed by atoms with Gasteiger partial charge < -0.3 is 15.8 Å². The molecule has 1 aliphatic rings. The summed E-state index contributed by atoms with van der Waals surface area (Å²) in [7, 11) is 1.65. The topological polar surface area (TPSA) is 62.9 Å². The number of nitrogens with two attached hydrogens (primary N) is 1. The largest absolute Gasteiger partial charge is 0.497 e. The first kappa shape index (κ1) is 16.6. The zero-order valence-corrected chi connectivity index (χ0v) is 13.9. The molecule has 0 bridgehead atoms. The van der Waals surface area contributed by atoms with E-state index in [1.54, 1.807) is 7.11 Å². The number of aliphatic imine (C=N–C) groups is 1. The Kier molecular flexibility index (Phi) is 6.07. The van der Waals surface area contributed by atoms with Crippen LogP contribution in [0.15, 0.2) is 29.3 Å². The molecule has 22 heavy (non-hydrogen) atoms. The molecule has 5 heteroatoms. The third kappa shape index (κ3) is 4.91. The van der Waals surface area contributed by atoms with Crippen molar-refractivity contribution in [2.45, 2.75) is 32.7 Å². The first-order valence-corrected chi connectivity index (χ1v) is 8.03. The van der Waals surface area contributed by atoms with Crippen LogP contribution in [0.25, 0.3) is 0 Å². The van der Waals surface area contributed by atoms with E-state index in [0.717, 1.165) is 23.9 Å². The molecule has 0 radical (unpaired) electrons. The number of piperidine rings is 1. The smallest absolute Gasteiger partial charge is 0.193 e. The number of methoxy groups -OCH3 is 1. The van der Waals surface area contributed by atoms with Crippen molar-refractivity contribution in [1.82, 2.24) is 4.90 Å². The minimum Gasteiger partial charge on any atom is -0.497 e. The van der Waals surface area contributed by atoms with E-state index in [0.29, 0.717) is 12.0 Å². The molecule has 1 heterocycles. The van der Waals surface area contributed by atoms with Crippen LogP contribution in [-0.2, 0) is 0 Å². The fraction of sp³-hybridized carbons (Fsp3) is 0.588. The molecule has 0 spiro atoms. The van der Waals surface area contributed by atoms with Gasteiger partial charge in [-0.2, -0.15) is 0 Å². The molecule has 0 aromatic heterocycles. The second-order valence-electron chi connectivity index (χ2n) is 6.17. The predicted octanol–water partition coefficient (Wildman–Crippen LogP) is 2.54. The third-order valence-corrected chi connectivity index (χ3v) is 4.20. The number of ether oxygens (including phenoxy) is 1. The van der Waals surface area contributed by atoms with Crippen LogP contribution < -0.4 is 15.8 Å². The maximum absolute atomic E-state index is 5.97. The van der Waals surface area contributed by atoms with Crippen LogP contribution in [0.5, 0.6) is 5.75 Å². The molecule has 0 amide bonds. The van der Waals surface area contributed by atoms with E-state index in [1.807, 2.05) is 24.3 Å². The lowest BCUT2D eigenvalue weighted by Gasteiger charge is -2.34. The van der Waals surface area contributed by atoms with E-state index in [1.165, 1.54) is 25.9 Å². The highest BCUT2D eigenvalue weighted by Gasteiger charge is 2.20. The highest BCUT2D eigenvalue weighted by molar-refractivity contribution is 5.92. The molecule has 1 saturated heterocycles. The Labute approximate surface area is 133 Å². The van der Waals surface area contributed by atoms with E-state index in [-0.39, 0.29) is 0 Å². The number of hydrogen-bond donors (Lipinski definition) is 2. The highest BCUT2D eigenvalue weighted by Crippen LogP contribution is 2.18. The number of likely N-dealkylation sites (tertiary alicyclic amines) is 1. The summed E-state index contributed by atoms with van der Waals surface area (Å²) in [6, 6.07) is 8.08. The first-order chi connectivity index (χ1) is 10.6. The van der Waals surface area contributed by atoms with Crippen molar-refractivity contribution in [2.75, 3.05) is 32.1 Å². The van der Waals surface area contributed by atoms with E-state index in [9.17, 15) is 0 Å². The van der Waals surface area contributed by atoms with Gasteiger partial charge in [0.25, 0.3) is 0 Å².